The summed E-state index contributed by atoms with van der Waals surface area (Å²) in [5.41, 5.74) is 3.24. The van der Waals surface area contributed by atoms with Gasteiger partial charge < -0.3 is 14.6 Å². The van der Waals surface area contributed by atoms with E-state index in [9.17, 15) is 4.79 Å². The van der Waals surface area contributed by atoms with E-state index in [0.29, 0.717) is 22.0 Å². The van der Waals surface area contributed by atoms with Crippen LogP contribution in [0.25, 0.3) is 11.3 Å². The quantitative estimate of drug-likeness (QED) is 0.748. The van der Waals surface area contributed by atoms with Crippen LogP contribution in [-0.4, -0.2) is 11.1 Å². The highest BCUT2D eigenvalue weighted by molar-refractivity contribution is 6.33. The Bertz CT molecular complexity index is 949. The van der Waals surface area contributed by atoms with Crippen molar-refractivity contribution in [3.63, 3.8) is 0 Å². The third-order valence-corrected chi connectivity index (χ3v) is 4.21. The third-order valence-electron chi connectivity index (χ3n) is 3.88. The van der Waals surface area contributed by atoms with E-state index in [4.69, 9.17) is 20.9 Å². The highest BCUT2D eigenvalue weighted by Crippen LogP contribution is 2.39. The number of hydrogen-bond donors (Lipinski definition) is 1. The van der Waals surface area contributed by atoms with Crippen LogP contribution in [-0.2, 0) is 6.61 Å². The summed E-state index contributed by atoms with van der Waals surface area (Å²) < 4.78 is 11.2. The van der Waals surface area contributed by atoms with E-state index < -0.39 is 0 Å². The van der Waals surface area contributed by atoms with E-state index in [1.807, 2.05) is 25.1 Å². The fourth-order valence-corrected chi connectivity index (χ4v) is 2.86. The maximum atomic E-state index is 12.5. The van der Waals surface area contributed by atoms with Crippen molar-refractivity contribution in [2.75, 3.05) is 5.32 Å². The molecule has 1 aliphatic heterocycles. The predicted molar refractivity (Wildman–Crippen MR) is 90.4 cm³/mol. The molecular formula is C18H13ClN2O3. The summed E-state index contributed by atoms with van der Waals surface area (Å²) in [6, 6.07) is 12.8. The molecule has 120 valence electrons. The maximum Gasteiger partial charge on any atom is 0.278 e. The molecule has 1 N–H and O–H groups in total. The van der Waals surface area contributed by atoms with Crippen LogP contribution in [0, 0.1) is 6.92 Å². The number of carbonyl (C=O) groups is 1. The van der Waals surface area contributed by atoms with Crippen molar-refractivity contribution < 1.29 is 14.1 Å². The van der Waals surface area contributed by atoms with Crippen molar-refractivity contribution in [1.29, 1.82) is 0 Å². The highest BCUT2D eigenvalue weighted by Gasteiger charge is 2.29. The van der Waals surface area contributed by atoms with Crippen LogP contribution in [0.4, 0.5) is 5.69 Å². The Morgan fingerprint density at radius 1 is 1.25 bits per heavy atom. The molecule has 0 saturated carbocycles. The molecule has 24 heavy (non-hydrogen) atoms. The zero-order chi connectivity index (χ0) is 16.7. The molecular weight excluding hydrogens is 328 g/mol. The Labute approximate surface area is 143 Å². The van der Waals surface area contributed by atoms with E-state index in [-0.39, 0.29) is 18.2 Å². The van der Waals surface area contributed by atoms with Crippen LogP contribution in [0.1, 0.15) is 21.6 Å². The molecule has 5 nitrogen and oxygen atoms in total. The SMILES string of the molecule is Cc1ccc2c(c1)-c1onc(C(=O)Nc3ccccc3Cl)c1CO2. The Balaban J connectivity index is 1.70. The van der Waals surface area contributed by atoms with Crippen LogP contribution in [0.5, 0.6) is 5.75 Å². The van der Waals surface area contributed by atoms with Gasteiger partial charge in [-0.1, -0.05) is 40.5 Å². The summed E-state index contributed by atoms with van der Waals surface area (Å²) in [5, 5.41) is 7.15. The van der Waals surface area contributed by atoms with Gasteiger partial charge in [0.15, 0.2) is 11.5 Å². The zero-order valence-corrected chi connectivity index (χ0v) is 13.6. The molecule has 0 radical (unpaired) electrons. The second kappa shape index (κ2) is 5.69. The Morgan fingerprint density at radius 2 is 2.08 bits per heavy atom. The molecule has 2 aromatic carbocycles. The number of amides is 1. The lowest BCUT2D eigenvalue weighted by Crippen LogP contribution is -2.16. The summed E-state index contributed by atoms with van der Waals surface area (Å²) in [5.74, 6) is 0.916. The number of aromatic nitrogens is 1. The van der Waals surface area contributed by atoms with Crippen LogP contribution in [0.3, 0.4) is 0 Å². The van der Waals surface area contributed by atoms with Gasteiger partial charge in [-0.2, -0.15) is 0 Å². The lowest BCUT2D eigenvalue weighted by molar-refractivity contribution is 0.101. The van der Waals surface area contributed by atoms with Gasteiger partial charge in [0.1, 0.15) is 12.4 Å². The normalized spacial score (nSPS) is 12.1. The van der Waals surface area contributed by atoms with Gasteiger partial charge in [0.2, 0.25) is 0 Å². The number of hydrogen-bond acceptors (Lipinski definition) is 4. The predicted octanol–water partition coefficient (Wildman–Crippen LogP) is 4.45. The van der Waals surface area contributed by atoms with E-state index in [1.165, 1.54) is 0 Å². The van der Waals surface area contributed by atoms with Gasteiger partial charge in [0, 0.05) is 0 Å². The minimum atomic E-state index is -0.382. The average molecular weight is 341 g/mol. The van der Waals surface area contributed by atoms with E-state index in [0.717, 1.165) is 16.9 Å². The number of nitrogens with zero attached hydrogens (tertiary/aromatic N) is 1. The number of carbonyl (C=O) groups excluding carboxylic acids is 1. The summed E-state index contributed by atoms with van der Waals surface area (Å²) in [4.78, 5) is 12.5. The topological polar surface area (TPSA) is 64.4 Å². The molecule has 2 heterocycles. The first-order chi connectivity index (χ1) is 11.6. The molecule has 0 atom stereocenters. The molecule has 0 aliphatic carbocycles. The molecule has 4 rings (SSSR count). The van der Waals surface area contributed by atoms with Gasteiger partial charge in [-0.15, -0.1) is 0 Å². The van der Waals surface area contributed by atoms with E-state index >= 15 is 0 Å². The molecule has 1 aromatic heterocycles. The Morgan fingerprint density at radius 3 is 2.92 bits per heavy atom. The standard InChI is InChI=1S/C18H13ClN2O3/c1-10-6-7-15-11(8-10)17-12(9-23-15)16(21-24-17)18(22)20-14-5-3-2-4-13(14)19/h2-8H,9H2,1H3,(H,20,22). The van der Waals surface area contributed by atoms with E-state index in [1.54, 1.807) is 24.3 Å². The van der Waals surface area contributed by atoms with Gasteiger partial charge >= 0.3 is 0 Å². The number of halogens is 1. The minimum absolute atomic E-state index is 0.206. The molecule has 0 saturated heterocycles. The van der Waals surface area contributed by atoms with Crippen LogP contribution in [0.15, 0.2) is 47.0 Å². The number of fused-ring (bicyclic) bond motifs is 3. The third kappa shape index (κ3) is 2.43. The summed E-state index contributed by atoms with van der Waals surface area (Å²) in [6.07, 6.45) is 0. The molecule has 0 bridgehead atoms. The first-order valence-electron chi connectivity index (χ1n) is 7.42. The number of rotatable bonds is 2. The largest absolute Gasteiger partial charge is 0.488 e. The van der Waals surface area contributed by atoms with Gasteiger partial charge in [-0.3, -0.25) is 4.79 Å². The first-order valence-corrected chi connectivity index (χ1v) is 7.79. The van der Waals surface area contributed by atoms with Gasteiger partial charge in [0.25, 0.3) is 5.91 Å². The van der Waals surface area contributed by atoms with Crippen molar-refractivity contribution in [1.82, 2.24) is 5.16 Å². The van der Waals surface area contributed by atoms with E-state index in [2.05, 4.69) is 10.5 Å². The first kappa shape index (κ1) is 14.8. The summed E-state index contributed by atoms with van der Waals surface area (Å²) >= 11 is 6.07. The summed E-state index contributed by atoms with van der Waals surface area (Å²) in [6.45, 7) is 2.22. The van der Waals surface area contributed by atoms with Crippen molar-refractivity contribution >= 4 is 23.2 Å². The Kier molecular flexibility index (Phi) is 3.50. The molecule has 0 fully saturated rings. The van der Waals surface area contributed by atoms with Crippen LogP contribution < -0.4 is 10.1 Å². The minimum Gasteiger partial charge on any atom is -0.488 e. The van der Waals surface area contributed by atoms with Crippen LogP contribution in [0.2, 0.25) is 5.02 Å². The van der Waals surface area contributed by atoms with Crippen molar-refractivity contribution in [2.24, 2.45) is 0 Å². The zero-order valence-electron chi connectivity index (χ0n) is 12.8. The number of ether oxygens (including phenoxy) is 1. The second-order valence-corrected chi connectivity index (χ2v) is 5.97. The lowest BCUT2D eigenvalue weighted by Gasteiger charge is -2.16. The van der Waals surface area contributed by atoms with Gasteiger partial charge in [0.05, 0.1) is 21.8 Å². The fraction of sp³-hybridized carbons (Fsp3) is 0.111. The highest BCUT2D eigenvalue weighted by atomic mass is 35.5. The fourth-order valence-electron chi connectivity index (χ4n) is 2.67. The molecule has 3 aromatic rings. The van der Waals surface area contributed by atoms with Gasteiger partial charge in [-0.25, -0.2) is 0 Å². The van der Waals surface area contributed by atoms with Crippen molar-refractivity contribution in [2.45, 2.75) is 13.5 Å². The summed E-state index contributed by atoms with van der Waals surface area (Å²) in [7, 11) is 0. The smallest absolute Gasteiger partial charge is 0.278 e. The van der Waals surface area contributed by atoms with Crippen molar-refractivity contribution in [3.05, 3.63) is 64.3 Å². The second-order valence-electron chi connectivity index (χ2n) is 5.56. The molecule has 6 heteroatoms. The number of nitrogens with one attached hydrogen (secondary N) is 1. The average Bonchev–Trinajstić information content (AvgIpc) is 3.01. The Hall–Kier alpha value is -2.79. The lowest BCUT2D eigenvalue weighted by atomic mass is 10.0. The monoisotopic (exact) mass is 340 g/mol. The van der Waals surface area contributed by atoms with Crippen molar-refractivity contribution in [3.8, 4) is 17.1 Å². The number of para-hydroxylation sites is 1. The number of benzene rings is 2. The molecule has 1 amide bonds. The molecule has 0 spiro atoms. The van der Waals surface area contributed by atoms with Crippen LogP contribution >= 0.6 is 11.6 Å². The van der Waals surface area contributed by atoms with Gasteiger partial charge in [-0.05, 0) is 31.2 Å². The maximum absolute atomic E-state index is 12.5. The molecule has 0 unspecified atom stereocenters. The number of anilines is 1. The number of aryl methyl sites for hydroxylation is 1. The molecule has 1 aliphatic rings.